The standard InChI is InChI=1S/C28H38N2O10/c1-15(2)26(33)40-23-16(3)38-28(35)20(14-37-27(34)19(23)13-18-9-7-6-8-10-18)30-25(32)22-24(39-17(4)31)21(36-5)11-12-29-22/h11-12,15-16,18-20,23H,6-10,13-14H2,1-5H3,(H,30,32)/t16-,19+,20-,23-/m0/s1. The first kappa shape index (κ1) is 30.8. The van der Waals surface area contributed by atoms with Crippen molar-refractivity contribution in [2.75, 3.05) is 13.7 Å². The Morgan fingerprint density at radius 2 is 1.82 bits per heavy atom. The molecule has 0 unspecified atom stereocenters. The number of nitrogens with one attached hydrogen (secondary N) is 1. The summed E-state index contributed by atoms with van der Waals surface area (Å²) >= 11 is 0. The van der Waals surface area contributed by atoms with E-state index in [1.54, 1.807) is 20.8 Å². The minimum atomic E-state index is -1.41. The maximum absolute atomic E-state index is 13.4. The minimum Gasteiger partial charge on any atom is -0.493 e. The SMILES string of the molecule is COc1ccnc(C(=O)N[C@H]2COC(=O)[C@H](CC3CCCCC3)[C@@H](OC(=O)C(C)C)[C@H](C)OC2=O)c1OC(C)=O. The summed E-state index contributed by atoms with van der Waals surface area (Å²) in [5.41, 5.74) is -0.319. The van der Waals surface area contributed by atoms with E-state index in [0.717, 1.165) is 39.0 Å². The molecule has 2 heterocycles. The fourth-order valence-electron chi connectivity index (χ4n) is 4.92. The Balaban J connectivity index is 1.86. The molecule has 0 radical (unpaired) electrons. The maximum Gasteiger partial charge on any atom is 0.332 e. The van der Waals surface area contributed by atoms with Gasteiger partial charge in [-0.25, -0.2) is 9.78 Å². The van der Waals surface area contributed by atoms with Crippen LogP contribution in [-0.2, 0) is 33.4 Å². The lowest BCUT2D eigenvalue weighted by Crippen LogP contribution is -2.47. The number of hydrogen-bond acceptors (Lipinski definition) is 11. The van der Waals surface area contributed by atoms with Crippen molar-refractivity contribution in [3.63, 3.8) is 0 Å². The molecule has 12 heteroatoms. The smallest absolute Gasteiger partial charge is 0.332 e. The molecule has 1 amide bonds. The second-order valence-electron chi connectivity index (χ2n) is 10.5. The molecule has 1 aliphatic heterocycles. The molecule has 3 rings (SSSR count). The third-order valence-electron chi connectivity index (χ3n) is 7.03. The van der Waals surface area contributed by atoms with Crippen LogP contribution in [0.15, 0.2) is 12.3 Å². The third kappa shape index (κ3) is 7.92. The van der Waals surface area contributed by atoms with E-state index in [4.69, 9.17) is 23.7 Å². The van der Waals surface area contributed by atoms with Crippen molar-refractivity contribution in [1.82, 2.24) is 10.3 Å². The third-order valence-corrected chi connectivity index (χ3v) is 7.03. The first-order chi connectivity index (χ1) is 19.0. The Morgan fingerprint density at radius 1 is 1.12 bits per heavy atom. The van der Waals surface area contributed by atoms with E-state index in [1.807, 2.05) is 0 Å². The van der Waals surface area contributed by atoms with E-state index >= 15 is 0 Å². The van der Waals surface area contributed by atoms with Gasteiger partial charge < -0.3 is 29.0 Å². The molecule has 220 valence electrons. The molecule has 40 heavy (non-hydrogen) atoms. The number of nitrogens with zero attached hydrogens (tertiary/aromatic N) is 1. The van der Waals surface area contributed by atoms with Crippen LogP contribution < -0.4 is 14.8 Å². The number of cyclic esters (lactones) is 2. The van der Waals surface area contributed by atoms with Gasteiger partial charge >= 0.3 is 23.9 Å². The molecule has 1 saturated carbocycles. The highest BCUT2D eigenvalue weighted by atomic mass is 16.6. The molecule has 1 saturated heterocycles. The quantitative estimate of drug-likeness (QED) is 0.367. The van der Waals surface area contributed by atoms with Crippen LogP contribution >= 0.6 is 0 Å². The van der Waals surface area contributed by atoms with Crippen LogP contribution in [0.4, 0.5) is 0 Å². The van der Waals surface area contributed by atoms with E-state index < -0.39 is 66.5 Å². The molecular weight excluding hydrogens is 524 g/mol. The Bertz CT molecular complexity index is 1100. The number of carbonyl (C=O) groups excluding carboxylic acids is 5. The lowest BCUT2D eigenvalue weighted by atomic mass is 9.80. The Kier molecular flexibility index (Phi) is 10.9. The van der Waals surface area contributed by atoms with E-state index in [-0.39, 0.29) is 23.1 Å². The molecule has 1 aromatic heterocycles. The van der Waals surface area contributed by atoms with Gasteiger partial charge in [0.05, 0.1) is 18.9 Å². The number of esters is 4. The van der Waals surface area contributed by atoms with Crippen LogP contribution in [-0.4, -0.2) is 66.7 Å². The first-order valence-corrected chi connectivity index (χ1v) is 13.6. The zero-order valence-electron chi connectivity index (χ0n) is 23.6. The summed E-state index contributed by atoms with van der Waals surface area (Å²) in [5, 5.41) is 2.45. The van der Waals surface area contributed by atoms with Crippen molar-refractivity contribution < 1.29 is 47.7 Å². The lowest BCUT2D eigenvalue weighted by Gasteiger charge is -2.32. The number of amides is 1. The molecule has 2 fully saturated rings. The molecule has 0 spiro atoms. The van der Waals surface area contributed by atoms with Crippen molar-refractivity contribution in [3.8, 4) is 11.5 Å². The van der Waals surface area contributed by atoms with Gasteiger partial charge in [0.15, 0.2) is 23.6 Å². The van der Waals surface area contributed by atoms with Crippen LogP contribution in [0.1, 0.15) is 76.7 Å². The number of pyridine rings is 1. The van der Waals surface area contributed by atoms with Gasteiger partial charge in [-0.05, 0) is 19.3 Å². The highest BCUT2D eigenvalue weighted by Crippen LogP contribution is 2.34. The van der Waals surface area contributed by atoms with Gasteiger partial charge in [-0.2, -0.15) is 0 Å². The van der Waals surface area contributed by atoms with Gasteiger partial charge in [-0.3, -0.25) is 19.2 Å². The molecule has 2 aliphatic rings. The van der Waals surface area contributed by atoms with Crippen molar-refractivity contribution in [1.29, 1.82) is 0 Å². The summed E-state index contributed by atoms with van der Waals surface area (Å²) < 4.78 is 27.2. The van der Waals surface area contributed by atoms with E-state index in [0.29, 0.717) is 6.42 Å². The number of methoxy groups -OCH3 is 1. The average Bonchev–Trinajstić information content (AvgIpc) is 2.95. The summed E-state index contributed by atoms with van der Waals surface area (Å²) in [7, 11) is 1.33. The summed E-state index contributed by atoms with van der Waals surface area (Å²) in [6.45, 7) is 5.52. The molecule has 1 aromatic rings. The van der Waals surface area contributed by atoms with Crippen molar-refractivity contribution in [2.45, 2.75) is 84.5 Å². The van der Waals surface area contributed by atoms with E-state index in [2.05, 4.69) is 10.3 Å². The minimum absolute atomic E-state index is 0.0767. The Hall–Kier alpha value is -3.70. The van der Waals surface area contributed by atoms with Gasteiger partial charge in [-0.15, -0.1) is 0 Å². The van der Waals surface area contributed by atoms with Gasteiger partial charge in [-0.1, -0.05) is 46.0 Å². The van der Waals surface area contributed by atoms with Gasteiger partial charge in [0.1, 0.15) is 12.7 Å². The Morgan fingerprint density at radius 3 is 2.45 bits per heavy atom. The molecule has 4 atom stereocenters. The predicted molar refractivity (Wildman–Crippen MR) is 139 cm³/mol. The molecule has 12 nitrogen and oxygen atoms in total. The van der Waals surface area contributed by atoms with Crippen LogP contribution in [0.25, 0.3) is 0 Å². The van der Waals surface area contributed by atoms with Gasteiger partial charge in [0.2, 0.25) is 5.75 Å². The van der Waals surface area contributed by atoms with Crippen molar-refractivity contribution >= 4 is 29.8 Å². The number of rotatable bonds is 8. The van der Waals surface area contributed by atoms with Crippen LogP contribution in [0, 0.1) is 17.8 Å². The van der Waals surface area contributed by atoms with E-state index in [9.17, 15) is 24.0 Å². The van der Waals surface area contributed by atoms with Crippen LogP contribution in [0.2, 0.25) is 0 Å². The predicted octanol–water partition coefficient (Wildman–Crippen LogP) is 2.76. The number of ether oxygens (including phenoxy) is 5. The first-order valence-electron chi connectivity index (χ1n) is 13.6. The zero-order chi connectivity index (χ0) is 29.4. The van der Waals surface area contributed by atoms with Crippen molar-refractivity contribution in [3.05, 3.63) is 18.0 Å². The van der Waals surface area contributed by atoms with Gasteiger partial charge in [0, 0.05) is 19.2 Å². The summed E-state index contributed by atoms with van der Waals surface area (Å²) in [4.78, 5) is 67.8. The highest BCUT2D eigenvalue weighted by Gasteiger charge is 2.43. The topological polar surface area (TPSA) is 156 Å². The molecule has 0 aromatic carbocycles. The maximum atomic E-state index is 13.4. The molecular formula is C28H38N2O10. The molecule has 1 aliphatic carbocycles. The number of carbonyl (C=O) groups is 5. The summed E-state index contributed by atoms with van der Waals surface area (Å²) in [6.07, 6.45) is 4.76. The average molecular weight is 563 g/mol. The monoisotopic (exact) mass is 562 g/mol. The Labute approximate surface area is 233 Å². The molecule has 1 N–H and O–H groups in total. The van der Waals surface area contributed by atoms with Crippen molar-refractivity contribution in [2.24, 2.45) is 17.8 Å². The number of aromatic nitrogens is 1. The second-order valence-corrected chi connectivity index (χ2v) is 10.5. The van der Waals surface area contributed by atoms with E-state index in [1.165, 1.54) is 19.4 Å². The lowest BCUT2D eigenvalue weighted by molar-refractivity contribution is -0.177. The van der Waals surface area contributed by atoms with Crippen LogP contribution in [0.3, 0.4) is 0 Å². The molecule has 0 bridgehead atoms. The van der Waals surface area contributed by atoms with Gasteiger partial charge in [0.25, 0.3) is 5.91 Å². The normalized spacial score (nSPS) is 24.1. The largest absolute Gasteiger partial charge is 0.493 e. The zero-order valence-corrected chi connectivity index (χ0v) is 23.6. The highest BCUT2D eigenvalue weighted by molar-refractivity contribution is 5.98. The fraction of sp³-hybridized carbons (Fsp3) is 0.643. The summed E-state index contributed by atoms with van der Waals surface area (Å²) in [5.74, 6) is -4.89. The number of hydrogen-bond donors (Lipinski definition) is 1. The second kappa shape index (κ2) is 14.1. The fourth-order valence-corrected chi connectivity index (χ4v) is 4.92. The summed E-state index contributed by atoms with van der Waals surface area (Å²) in [6, 6.07) is -0.00963. The van der Waals surface area contributed by atoms with Crippen LogP contribution in [0.5, 0.6) is 11.5 Å².